The fourth-order valence-corrected chi connectivity index (χ4v) is 3.90. The zero-order valence-corrected chi connectivity index (χ0v) is 16.9. The standard InChI is InChI=1S/C24H22ClNO3/c1-28-20-9-11-21(12-10-20)29-16-23-22-8-3-2-5-17(22)13-14-26(23)24(27)18-6-4-7-19(25)15-18/h2-12,15,23H,13-14,16H2,1H3. The maximum atomic E-state index is 13.3. The lowest BCUT2D eigenvalue weighted by atomic mass is 9.92. The van der Waals surface area contributed by atoms with E-state index < -0.39 is 0 Å². The van der Waals surface area contributed by atoms with Gasteiger partial charge in [-0.1, -0.05) is 41.9 Å². The van der Waals surface area contributed by atoms with Gasteiger partial charge in [0.1, 0.15) is 18.1 Å². The minimum atomic E-state index is -0.173. The molecule has 148 valence electrons. The molecule has 0 saturated heterocycles. The van der Waals surface area contributed by atoms with Crippen molar-refractivity contribution in [3.8, 4) is 11.5 Å². The number of methoxy groups -OCH3 is 1. The van der Waals surface area contributed by atoms with Gasteiger partial charge in [0.15, 0.2) is 0 Å². The summed E-state index contributed by atoms with van der Waals surface area (Å²) < 4.78 is 11.3. The Kier molecular flexibility index (Phi) is 5.72. The Morgan fingerprint density at radius 1 is 1.03 bits per heavy atom. The molecule has 1 unspecified atom stereocenters. The van der Waals surface area contributed by atoms with Gasteiger partial charge in [0.2, 0.25) is 0 Å². The van der Waals surface area contributed by atoms with Crippen LogP contribution in [-0.4, -0.2) is 31.1 Å². The molecule has 0 spiro atoms. The summed E-state index contributed by atoms with van der Waals surface area (Å²) in [4.78, 5) is 15.1. The first kappa shape index (κ1) is 19.3. The quantitative estimate of drug-likeness (QED) is 0.585. The van der Waals surface area contributed by atoms with Crippen LogP contribution in [0.3, 0.4) is 0 Å². The fraction of sp³-hybridized carbons (Fsp3) is 0.208. The highest BCUT2D eigenvalue weighted by molar-refractivity contribution is 6.30. The average molecular weight is 408 g/mol. The lowest BCUT2D eigenvalue weighted by Gasteiger charge is -2.37. The van der Waals surface area contributed by atoms with Crippen molar-refractivity contribution < 1.29 is 14.3 Å². The van der Waals surface area contributed by atoms with Gasteiger partial charge in [0, 0.05) is 17.1 Å². The van der Waals surface area contributed by atoms with Gasteiger partial charge >= 0.3 is 0 Å². The summed E-state index contributed by atoms with van der Waals surface area (Å²) in [5.41, 5.74) is 2.97. The van der Waals surface area contributed by atoms with E-state index in [9.17, 15) is 4.79 Å². The van der Waals surface area contributed by atoms with Crippen LogP contribution in [0.1, 0.15) is 27.5 Å². The molecule has 1 aliphatic heterocycles. The number of halogens is 1. The minimum absolute atomic E-state index is 0.0367. The van der Waals surface area contributed by atoms with Gasteiger partial charge in [-0.3, -0.25) is 4.79 Å². The third-order valence-electron chi connectivity index (χ3n) is 5.21. The molecule has 0 aliphatic carbocycles. The number of benzene rings is 3. The summed E-state index contributed by atoms with van der Waals surface area (Å²) >= 11 is 6.11. The maximum Gasteiger partial charge on any atom is 0.254 e. The molecule has 3 aromatic carbocycles. The maximum absolute atomic E-state index is 13.3. The van der Waals surface area contributed by atoms with Crippen LogP contribution in [0.15, 0.2) is 72.8 Å². The van der Waals surface area contributed by atoms with Crippen LogP contribution >= 0.6 is 11.6 Å². The molecule has 0 aromatic heterocycles. The Morgan fingerprint density at radius 2 is 1.79 bits per heavy atom. The van der Waals surface area contributed by atoms with Gasteiger partial charge in [-0.15, -0.1) is 0 Å². The molecule has 0 radical (unpaired) electrons. The van der Waals surface area contributed by atoms with Crippen molar-refractivity contribution in [2.75, 3.05) is 20.3 Å². The summed E-state index contributed by atoms with van der Waals surface area (Å²) in [5.74, 6) is 1.48. The number of amides is 1. The molecule has 1 heterocycles. The van der Waals surface area contributed by atoms with Crippen molar-refractivity contribution in [1.82, 2.24) is 4.90 Å². The largest absolute Gasteiger partial charge is 0.497 e. The first-order chi connectivity index (χ1) is 14.2. The molecule has 0 fully saturated rings. The van der Waals surface area contributed by atoms with E-state index in [1.165, 1.54) is 5.56 Å². The zero-order chi connectivity index (χ0) is 20.2. The summed E-state index contributed by atoms with van der Waals surface area (Å²) in [6.45, 7) is 1.01. The lowest BCUT2D eigenvalue weighted by Crippen LogP contribution is -2.42. The number of nitrogens with zero attached hydrogens (tertiary/aromatic N) is 1. The van der Waals surface area contributed by atoms with E-state index in [0.29, 0.717) is 23.7 Å². The van der Waals surface area contributed by atoms with Gasteiger partial charge < -0.3 is 14.4 Å². The highest BCUT2D eigenvalue weighted by Gasteiger charge is 2.31. The Morgan fingerprint density at radius 3 is 2.55 bits per heavy atom. The predicted octanol–water partition coefficient (Wildman–Crippen LogP) is 5.17. The molecular weight excluding hydrogens is 386 g/mol. The number of carbonyl (C=O) groups is 1. The molecule has 4 nitrogen and oxygen atoms in total. The van der Waals surface area contributed by atoms with E-state index >= 15 is 0 Å². The number of carbonyl (C=O) groups excluding carboxylic acids is 1. The molecule has 0 bridgehead atoms. The molecule has 29 heavy (non-hydrogen) atoms. The van der Waals surface area contributed by atoms with Crippen LogP contribution < -0.4 is 9.47 Å². The molecule has 1 atom stereocenters. The number of hydrogen-bond donors (Lipinski definition) is 0. The van der Waals surface area contributed by atoms with Crippen molar-refractivity contribution in [3.05, 3.63) is 94.5 Å². The SMILES string of the molecule is COc1ccc(OCC2c3ccccc3CCN2C(=O)c2cccc(Cl)c2)cc1. The zero-order valence-electron chi connectivity index (χ0n) is 16.2. The number of hydrogen-bond acceptors (Lipinski definition) is 3. The molecule has 1 aliphatic rings. The molecular formula is C24H22ClNO3. The number of rotatable bonds is 5. The van der Waals surface area contributed by atoms with Crippen LogP contribution in [0.5, 0.6) is 11.5 Å². The van der Waals surface area contributed by atoms with Gasteiger partial charge in [-0.05, 0) is 60.0 Å². The molecule has 3 aromatic rings. The van der Waals surface area contributed by atoms with Crippen molar-refractivity contribution in [3.63, 3.8) is 0 Å². The smallest absolute Gasteiger partial charge is 0.254 e. The number of fused-ring (bicyclic) bond motifs is 1. The lowest BCUT2D eigenvalue weighted by molar-refractivity contribution is 0.0590. The summed E-state index contributed by atoms with van der Waals surface area (Å²) in [6, 6.07) is 22.6. The van der Waals surface area contributed by atoms with Crippen LogP contribution in [-0.2, 0) is 6.42 Å². The van der Waals surface area contributed by atoms with E-state index in [1.54, 1.807) is 31.4 Å². The van der Waals surface area contributed by atoms with E-state index in [-0.39, 0.29) is 11.9 Å². The summed E-state index contributed by atoms with van der Waals surface area (Å²) in [7, 11) is 1.63. The summed E-state index contributed by atoms with van der Waals surface area (Å²) in [6.07, 6.45) is 0.821. The van der Waals surface area contributed by atoms with Gasteiger partial charge in [0.25, 0.3) is 5.91 Å². The minimum Gasteiger partial charge on any atom is -0.497 e. The molecule has 0 N–H and O–H groups in total. The second-order valence-corrected chi connectivity index (χ2v) is 7.40. The van der Waals surface area contributed by atoms with Crippen molar-refractivity contribution in [2.45, 2.75) is 12.5 Å². The van der Waals surface area contributed by atoms with E-state index in [1.807, 2.05) is 41.3 Å². The third-order valence-corrected chi connectivity index (χ3v) is 5.45. The topological polar surface area (TPSA) is 38.8 Å². The van der Waals surface area contributed by atoms with Crippen LogP contribution in [0.4, 0.5) is 0 Å². The Bertz CT molecular complexity index is 1000. The fourth-order valence-electron chi connectivity index (χ4n) is 3.71. The predicted molar refractivity (Wildman–Crippen MR) is 114 cm³/mol. The monoisotopic (exact) mass is 407 g/mol. The average Bonchev–Trinajstić information content (AvgIpc) is 2.77. The first-order valence-electron chi connectivity index (χ1n) is 9.57. The van der Waals surface area contributed by atoms with Crippen LogP contribution in [0.25, 0.3) is 0 Å². The molecule has 4 rings (SSSR count). The normalized spacial score (nSPS) is 15.5. The van der Waals surface area contributed by atoms with Crippen molar-refractivity contribution in [1.29, 1.82) is 0 Å². The Labute approximate surface area is 175 Å². The molecule has 5 heteroatoms. The van der Waals surface area contributed by atoms with Gasteiger partial charge in [-0.25, -0.2) is 0 Å². The van der Waals surface area contributed by atoms with E-state index in [0.717, 1.165) is 23.5 Å². The van der Waals surface area contributed by atoms with Crippen molar-refractivity contribution >= 4 is 17.5 Å². The highest BCUT2D eigenvalue weighted by Crippen LogP contribution is 2.32. The highest BCUT2D eigenvalue weighted by atomic mass is 35.5. The van der Waals surface area contributed by atoms with Gasteiger partial charge in [0.05, 0.1) is 13.2 Å². The Hall–Kier alpha value is -2.98. The van der Waals surface area contributed by atoms with Crippen LogP contribution in [0, 0.1) is 0 Å². The molecule has 0 saturated carbocycles. The van der Waals surface area contributed by atoms with Gasteiger partial charge in [-0.2, -0.15) is 0 Å². The molecule has 1 amide bonds. The van der Waals surface area contributed by atoms with Crippen molar-refractivity contribution in [2.24, 2.45) is 0 Å². The summed E-state index contributed by atoms with van der Waals surface area (Å²) in [5, 5.41) is 0.555. The number of ether oxygens (including phenoxy) is 2. The van der Waals surface area contributed by atoms with E-state index in [2.05, 4.69) is 12.1 Å². The third kappa shape index (κ3) is 4.22. The second-order valence-electron chi connectivity index (χ2n) is 6.96. The van der Waals surface area contributed by atoms with E-state index in [4.69, 9.17) is 21.1 Å². The first-order valence-corrected chi connectivity index (χ1v) is 9.94. The second kappa shape index (κ2) is 8.58. The van der Waals surface area contributed by atoms with Crippen LogP contribution in [0.2, 0.25) is 5.02 Å². The Balaban J connectivity index is 1.60.